The van der Waals surface area contributed by atoms with E-state index in [9.17, 15) is 14.4 Å². The standard InChI is InChI=1S/C18H25NO5/c1-12(2)11-15(18(22)23)19-17(21)6-4-5-16(20)13-7-9-14(24-3)10-8-13/h7-10,12,15H,4-6,11H2,1-3H3,(H,19,21)(H,22,23)/t15-/m1/s1. The summed E-state index contributed by atoms with van der Waals surface area (Å²) in [5.74, 6) is -0.585. The van der Waals surface area contributed by atoms with Crippen molar-refractivity contribution < 1.29 is 24.2 Å². The number of benzene rings is 1. The molecule has 2 N–H and O–H groups in total. The molecule has 132 valence electrons. The number of carbonyl (C=O) groups is 3. The van der Waals surface area contributed by atoms with Gasteiger partial charge < -0.3 is 15.2 Å². The first kappa shape index (κ1) is 19.7. The van der Waals surface area contributed by atoms with Crippen molar-refractivity contribution in [3.8, 4) is 5.75 Å². The second kappa shape index (κ2) is 9.70. The normalized spacial score (nSPS) is 11.8. The highest BCUT2D eigenvalue weighted by molar-refractivity contribution is 5.96. The number of hydrogen-bond acceptors (Lipinski definition) is 4. The fraction of sp³-hybridized carbons (Fsp3) is 0.500. The summed E-state index contributed by atoms with van der Waals surface area (Å²) in [4.78, 5) is 35.0. The fourth-order valence-corrected chi connectivity index (χ4v) is 2.29. The van der Waals surface area contributed by atoms with Gasteiger partial charge in [-0.1, -0.05) is 13.8 Å². The summed E-state index contributed by atoms with van der Waals surface area (Å²) in [6, 6.07) is 5.91. The molecular weight excluding hydrogens is 310 g/mol. The van der Waals surface area contributed by atoms with Crippen LogP contribution in [-0.2, 0) is 9.59 Å². The maximum Gasteiger partial charge on any atom is 0.326 e. The molecule has 0 spiro atoms. The van der Waals surface area contributed by atoms with Gasteiger partial charge in [-0.15, -0.1) is 0 Å². The van der Waals surface area contributed by atoms with E-state index in [2.05, 4.69) is 5.32 Å². The van der Waals surface area contributed by atoms with Crippen molar-refractivity contribution in [3.63, 3.8) is 0 Å². The highest BCUT2D eigenvalue weighted by Gasteiger charge is 2.20. The number of methoxy groups -OCH3 is 1. The SMILES string of the molecule is COc1ccc(C(=O)CCCC(=O)N[C@H](CC(C)C)C(=O)O)cc1. The van der Waals surface area contributed by atoms with Gasteiger partial charge >= 0.3 is 5.97 Å². The lowest BCUT2D eigenvalue weighted by atomic mass is 10.0. The van der Waals surface area contributed by atoms with Crippen LogP contribution in [-0.4, -0.2) is 35.9 Å². The van der Waals surface area contributed by atoms with Gasteiger partial charge in [-0.25, -0.2) is 4.79 Å². The predicted molar refractivity (Wildman–Crippen MR) is 90.2 cm³/mol. The van der Waals surface area contributed by atoms with Crippen molar-refractivity contribution in [2.24, 2.45) is 5.92 Å². The van der Waals surface area contributed by atoms with Crippen LogP contribution in [0, 0.1) is 5.92 Å². The number of nitrogens with one attached hydrogen (secondary N) is 1. The summed E-state index contributed by atoms with van der Waals surface area (Å²) in [6.45, 7) is 3.80. The Labute approximate surface area is 142 Å². The minimum Gasteiger partial charge on any atom is -0.497 e. The van der Waals surface area contributed by atoms with Gasteiger partial charge in [0.2, 0.25) is 5.91 Å². The van der Waals surface area contributed by atoms with E-state index in [1.807, 2.05) is 13.8 Å². The van der Waals surface area contributed by atoms with Crippen LogP contribution >= 0.6 is 0 Å². The molecule has 0 saturated carbocycles. The molecule has 6 nitrogen and oxygen atoms in total. The molecule has 1 atom stereocenters. The van der Waals surface area contributed by atoms with Crippen LogP contribution < -0.4 is 10.1 Å². The van der Waals surface area contributed by atoms with Crippen molar-refractivity contribution in [1.82, 2.24) is 5.32 Å². The van der Waals surface area contributed by atoms with E-state index in [1.165, 1.54) is 0 Å². The summed E-state index contributed by atoms with van der Waals surface area (Å²) < 4.78 is 5.03. The fourth-order valence-electron chi connectivity index (χ4n) is 2.29. The second-order valence-electron chi connectivity index (χ2n) is 6.09. The molecule has 0 saturated heterocycles. The Morgan fingerprint density at radius 1 is 1.12 bits per heavy atom. The molecule has 0 aliphatic carbocycles. The van der Waals surface area contributed by atoms with Crippen LogP contribution in [0.4, 0.5) is 0 Å². The molecule has 0 fully saturated rings. The summed E-state index contributed by atoms with van der Waals surface area (Å²) in [6.07, 6.45) is 1.13. The Bertz CT molecular complexity index is 565. The molecule has 0 unspecified atom stereocenters. The van der Waals surface area contributed by atoms with E-state index in [0.717, 1.165) is 0 Å². The van der Waals surface area contributed by atoms with Gasteiger partial charge in [0.15, 0.2) is 5.78 Å². The van der Waals surface area contributed by atoms with Crippen molar-refractivity contribution in [3.05, 3.63) is 29.8 Å². The first-order valence-corrected chi connectivity index (χ1v) is 8.03. The molecular formula is C18H25NO5. The van der Waals surface area contributed by atoms with Crippen LogP contribution in [0.3, 0.4) is 0 Å². The smallest absolute Gasteiger partial charge is 0.326 e. The molecule has 0 radical (unpaired) electrons. The summed E-state index contributed by atoms with van der Waals surface area (Å²) >= 11 is 0. The number of Topliss-reactive ketones (excluding diaryl/α,β-unsaturated/α-hetero) is 1. The molecule has 0 aliphatic rings. The van der Waals surface area contributed by atoms with E-state index in [0.29, 0.717) is 24.2 Å². The maximum absolute atomic E-state index is 12.0. The molecule has 1 amide bonds. The van der Waals surface area contributed by atoms with Gasteiger partial charge in [0.1, 0.15) is 11.8 Å². The molecule has 1 aromatic carbocycles. The molecule has 1 rings (SSSR count). The van der Waals surface area contributed by atoms with Crippen LogP contribution in [0.1, 0.15) is 49.9 Å². The van der Waals surface area contributed by atoms with E-state index >= 15 is 0 Å². The van der Waals surface area contributed by atoms with Crippen molar-refractivity contribution >= 4 is 17.7 Å². The number of ketones is 1. The Kier molecular flexibility index (Phi) is 7.95. The average molecular weight is 335 g/mol. The Hall–Kier alpha value is -2.37. The number of carboxylic acids is 1. The summed E-state index contributed by atoms with van der Waals surface area (Å²) in [5, 5.41) is 11.6. The lowest BCUT2D eigenvalue weighted by Crippen LogP contribution is -2.41. The van der Waals surface area contributed by atoms with E-state index in [-0.39, 0.29) is 30.4 Å². The number of amides is 1. The zero-order valence-corrected chi connectivity index (χ0v) is 14.4. The number of ether oxygens (including phenoxy) is 1. The lowest BCUT2D eigenvalue weighted by molar-refractivity contribution is -0.142. The third-order valence-electron chi connectivity index (χ3n) is 3.56. The Morgan fingerprint density at radius 3 is 2.25 bits per heavy atom. The second-order valence-corrected chi connectivity index (χ2v) is 6.09. The van der Waals surface area contributed by atoms with Gasteiger partial charge in [-0.3, -0.25) is 9.59 Å². The van der Waals surface area contributed by atoms with Gasteiger partial charge in [0.25, 0.3) is 0 Å². The average Bonchev–Trinajstić information content (AvgIpc) is 2.53. The highest BCUT2D eigenvalue weighted by Crippen LogP contribution is 2.14. The predicted octanol–water partition coefficient (Wildman–Crippen LogP) is 2.66. The largest absolute Gasteiger partial charge is 0.497 e. The lowest BCUT2D eigenvalue weighted by Gasteiger charge is -2.16. The number of hydrogen-bond donors (Lipinski definition) is 2. The van der Waals surface area contributed by atoms with Gasteiger partial charge in [-0.2, -0.15) is 0 Å². The third-order valence-corrected chi connectivity index (χ3v) is 3.56. The van der Waals surface area contributed by atoms with Crippen molar-refractivity contribution in [2.45, 2.75) is 45.6 Å². The van der Waals surface area contributed by atoms with E-state index in [4.69, 9.17) is 9.84 Å². The molecule has 0 aliphatic heterocycles. The monoisotopic (exact) mass is 335 g/mol. The minimum atomic E-state index is -1.04. The van der Waals surface area contributed by atoms with E-state index in [1.54, 1.807) is 31.4 Å². The number of carbonyl (C=O) groups excluding carboxylic acids is 2. The molecule has 0 heterocycles. The Morgan fingerprint density at radius 2 is 1.75 bits per heavy atom. The van der Waals surface area contributed by atoms with Crippen molar-refractivity contribution in [1.29, 1.82) is 0 Å². The minimum absolute atomic E-state index is 0.0533. The third kappa shape index (κ3) is 6.81. The molecule has 1 aromatic rings. The Balaban J connectivity index is 2.40. The van der Waals surface area contributed by atoms with Gasteiger partial charge in [0.05, 0.1) is 7.11 Å². The molecule has 0 aromatic heterocycles. The maximum atomic E-state index is 12.0. The number of rotatable bonds is 10. The van der Waals surface area contributed by atoms with Crippen LogP contribution in [0.2, 0.25) is 0 Å². The number of aliphatic carboxylic acids is 1. The van der Waals surface area contributed by atoms with Gasteiger partial charge in [-0.05, 0) is 43.0 Å². The molecule has 6 heteroatoms. The highest BCUT2D eigenvalue weighted by atomic mass is 16.5. The van der Waals surface area contributed by atoms with Crippen LogP contribution in [0.25, 0.3) is 0 Å². The number of carboxylic acid groups (broad SMARTS) is 1. The van der Waals surface area contributed by atoms with Gasteiger partial charge in [0, 0.05) is 18.4 Å². The van der Waals surface area contributed by atoms with E-state index < -0.39 is 12.0 Å². The summed E-state index contributed by atoms with van der Waals surface area (Å²) in [7, 11) is 1.55. The first-order chi connectivity index (χ1) is 11.3. The van der Waals surface area contributed by atoms with Crippen molar-refractivity contribution in [2.75, 3.05) is 7.11 Å². The quantitative estimate of drug-likeness (QED) is 0.641. The molecule has 0 bridgehead atoms. The van der Waals surface area contributed by atoms with Crippen LogP contribution in [0.15, 0.2) is 24.3 Å². The zero-order valence-electron chi connectivity index (χ0n) is 14.4. The molecule has 24 heavy (non-hydrogen) atoms. The topological polar surface area (TPSA) is 92.7 Å². The zero-order chi connectivity index (χ0) is 18.1. The van der Waals surface area contributed by atoms with Crippen LogP contribution in [0.5, 0.6) is 5.75 Å². The summed E-state index contributed by atoms with van der Waals surface area (Å²) in [5.41, 5.74) is 0.569. The first-order valence-electron chi connectivity index (χ1n) is 8.03.